The molecule has 7 nitrogen and oxygen atoms in total. The van der Waals surface area contributed by atoms with Crippen molar-refractivity contribution in [2.75, 3.05) is 13.2 Å². The van der Waals surface area contributed by atoms with Crippen LogP contribution in [0.1, 0.15) is 19.1 Å². The summed E-state index contributed by atoms with van der Waals surface area (Å²) in [4.78, 5) is 24.6. The smallest absolute Gasteiger partial charge is 0.330 e. The number of nitrogens with one attached hydrogen (secondary N) is 1. The highest BCUT2D eigenvalue weighted by molar-refractivity contribution is 4.91. The van der Waals surface area contributed by atoms with Crippen molar-refractivity contribution < 1.29 is 9.84 Å². The van der Waals surface area contributed by atoms with Crippen LogP contribution in [0.3, 0.4) is 0 Å². The van der Waals surface area contributed by atoms with Crippen LogP contribution in [0.15, 0.2) is 21.9 Å². The molecule has 2 atom stereocenters. The summed E-state index contributed by atoms with van der Waals surface area (Å²) in [6.07, 6.45) is 2.05. The van der Waals surface area contributed by atoms with E-state index in [9.17, 15) is 14.7 Å². The van der Waals surface area contributed by atoms with Crippen molar-refractivity contribution in [3.8, 4) is 0 Å². The number of hydrogen-bond acceptors (Lipinski definition) is 5. The topological polar surface area (TPSA) is 110 Å². The number of aromatic amines is 1. The van der Waals surface area contributed by atoms with E-state index in [1.807, 2.05) is 0 Å². The number of H-pyrrole nitrogens is 1. The number of nitrogens with zero attached hydrogens (tertiary/aromatic N) is 1. The molecule has 1 fully saturated rings. The lowest BCUT2D eigenvalue weighted by molar-refractivity contribution is -0.0934. The van der Waals surface area contributed by atoms with Gasteiger partial charge >= 0.3 is 5.69 Å². The number of aliphatic hydroxyl groups excluding tert-OH is 1. The Morgan fingerprint density at radius 2 is 2.41 bits per heavy atom. The molecule has 0 spiro atoms. The first-order valence-corrected chi connectivity index (χ1v) is 5.40. The van der Waals surface area contributed by atoms with Crippen LogP contribution in [0.5, 0.6) is 0 Å². The van der Waals surface area contributed by atoms with E-state index in [-0.39, 0.29) is 13.2 Å². The largest absolute Gasteiger partial charge is 0.393 e. The van der Waals surface area contributed by atoms with Crippen LogP contribution >= 0.6 is 0 Å². The summed E-state index contributed by atoms with van der Waals surface area (Å²) in [7, 11) is 0. The predicted molar refractivity (Wildman–Crippen MR) is 59.5 cm³/mol. The Balaban J connectivity index is 2.26. The fourth-order valence-electron chi connectivity index (χ4n) is 1.97. The van der Waals surface area contributed by atoms with Gasteiger partial charge in [0.15, 0.2) is 0 Å². The lowest BCUT2D eigenvalue weighted by Crippen LogP contribution is -2.42. The molecule has 1 unspecified atom stereocenters. The first kappa shape index (κ1) is 12.0. The van der Waals surface area contributed by atoms with E-state index in [4.69, 9.17) is 10.5 Å². The molecule has 1 aliphatic rings. The van der Waals surface area contributed by atoms with Gasteiger partial charge in [0.2, 0.25) is 0 Å². The van der Waals surface area contributed by atoms with E-state index in [2.05, 4.69) is 4.98 Å². The lowest BCUT2D eigenvalue weighted by atomic mass is 10.0. The molecule has 0 radical (unpaired) electrons. The van der Waals surface area contributed by atoms with E-state index in [0.29, 0.717) is 12.8 Å². The number of rotatable bonds is 3. The first-order chi connectivity index (χ1) is 8.10. The fraction of sp³-hybridized carbons (Fsp3) is 0.600. The maximum Gasteiger partial charge on any atom is 0.330 e. The highest BCUT2D eigenvalue weighted by atomic mass is 16.5. The number of nitrogens with two attached hydrogens (primary N) is 1. The predicted octanol–water partition coefficient (Wildman–Crippen LogP) is -1.46. The second-order valence-electron chi connectivity index (χ2n) is 4.17. The number of aromatic nitrogens is 2. The molecule has 2 heterocycles. The molecule has 2 rings (SSSR count). The Morgan fingerprint density at radius 3 is 2.94 bits per heavy atom. The standard InChI is InChI=1S/C10H15N3O4/c11-5-10(6-14)3-1-8(17-10)13-4-2-7(15)12-9(13)16/h2,4,8,14H,1,3,5-6,11H2,(H,12,15,16)/t8?,10-/m1/s1. The van der Waals surface area contributed by atoms with Gasteiger partial charge in [0.1, 0.15) is 11.8 Å². The van der Waals surface area contributed by atoms with Crippen LogP contribution in [0.25, 0.3) is 0 Å². The van der Waals surface area contributed by atoms with Crippen LogP contribution in [0.4, 0.5) is 0 Å². The van der Waals surface area contributed by atoms with Crippen molar-refractivity contribution in [3.05, 3.63) is 33.1 Å². The number of hydrogen-bond donors (Lipinski definition) is 3. The first-order valence-electron chi connectivity index (χ1n) is 5.40. The van der Waals surface area contributed by atoms with Gasteiger partial charge in [-0.3, -0.25) is 14.3 Å². The molecule has 0 bridgehead atoms. The number of aliphatic hydroxyl groups is 1. The van der Waals surface area contributed by atoms with Crippen molar-refractivity contribution in [3.63, 3.8) is 0 Å². The Kier molecular flexibility index (Phi) is 3.14. The van der Waals surface area contributed by atoms with E-state index < -0.39 is 23.1 Å². The van der Waals surface area contributed by atoms with Crippen LogP contribution < -0.4 is 17.0 Å². The van der Waals surface area contributed by atoms with Crippen molar-refractivity contribution in [1.29, 1.82) is 0 Å². The molecule has 1 aromatic rings. The normalized spacial score (nSPS) is 28.5. The molecule has 17 heavy (non-hydrogen) atoms. The van der Waals surface area contributed by atoms with Crippen molar-refractivity contribution in [2.45, 2.75) is 24.7 Å². The average Bonchev–Trinajstić information content (AvgIpc) is 2.74. The van der Waals surface area contributed by atoms with Gasteiger partial charge in [0.05, 0.1) is 6.61 Å². The molecular weight excluding hydrogens is 226 g/mol. The number of ether oxygens (including phenoxy) is 1. The van der Waals surface area contributed by atoms with Crippen LogP contribution in [0.2, 0.25) is 0 Å². The average molecular weight is 241 g/mol. The monoisotopic (exact) mass is 241 g/mol. The summed E-state index contributed by atoms with van der Waals surface area (Å²) >= 11 is 0. The molecule has 1 saturated heterocycles. The Morgan fingerprint density at radius 1 is 1.65 bits per heavy atom. The van der Waals surface area contributed by atoms with Crippen LogP contribution in [-0.4, -0.2) is 33.4 Å². The third-order valence-corrected chi connectivity index (χ3v) is 3.05. The summed E-state index contributed by atoms with van der Waals surface area (Å²) in [5, 5.41) is 9.24. The van der Waals surface area contributed by atoms with Gasteiger partial charge in [-0.15, -0.1) is 0 Å². The molecule has 1 aliphatic heterocycles. The summed E-state index contributed by atoms with van der Waals surface area (Å²) in [5.41, 5.74) is 3.81. The second kappa shape index (κ2) is 4.44. The van der Waals surface area contributed by atoms with Gasteiger partial charge in [0, 0.05) is 18.8 Å². The zero-order valence-corrected chi connectivity index (χ0v) is 9.26. The van der Waals surface area contributed by atoms with E-state index in [1.54, 1.807) is 0 Å². The van der Waals surface area contributed by atoms with Crippen molar-refractivity contribution in [2.24, 2.45) is 5.73 Å². The van der Waals surface area contributed by atoms with Crippen LogP contribution in [0, 0.1) is 0 Å². The molecule has 0 amide bonds. The van der Waals surface area contributed by atoms with Gasteiger partial charge in [-0.25, -0.2) is 4.79 Å². The van der Waals surface area contributed by atoms with Gasteiger partial charge in [0.25, 0.3) is 5.56 Å². The molecule has 0 aromatic carbocycles. The summed E-state index contributed by atoms with van der Waals surface area (Å²) < 4.78 is 6.92. The third-order valence-electron chi connectivity index (χ3n) is 3.05. The molecule has 0 aliphatic carbocycles. The summed E-state index contributed by atoms with van der Waals surface area (Å²) in [6, 6.07) is 1.26. The maximum absolute atomic E-state index is 11.5. The van der Waals surface area contributed by atoms with Gasteiger partial charge in [-0.2, -0.15) is 0 Å². The van der Waals surface area contributed by atoms with Gasteiger partial charge in [-0.1, -0.05) is 0 Å². The molecule has 0 saturated carbocycles. The molecular formula is C10H15N3O4. The Bertz CT molecular complexity index is 503. The highest BCUT2D eigenvalue weighted by Crippen LogP contribution is 2.34. The third kappa shape index (κ3) is 2.17. The van der Waals surface area contributed by atoms with E-state index >= 15 is 0 Å². The zero-order chi connectivity index (χ0) is 12.5. The summed E-state index contributed by atoms with van der Waals surface area (Å²) in [5.74, 6) is 0. The van der Waals surface area contributed by atoms with E-state index in [1.165, 1.54) is 16.8 Å². The molecule has 4 N–H and O–H groups in total. The quantitative estimate of drug-likeness (QED) is 0.598. The minimum atomic E-state index is -0.778. The molecule has 7 heteroatoms. The van der Waals surface area contributed by atoms with Gasteiger partial charge < -0.3 is 15.6 Å². The zero-order valence-electron chi connectivity index (χ0n) is 9.26. The lowest BCUT2D eigenvalue weighted by Gasteiger charge is -2.25. The Hall–Kier alpha value is -1.44. The minimum absolute atomic E-state index is 0.182. The van der Waals surface area contributed by atoms with Crippen LogP contribution in [-0.2, 0) is 4.74 Å². The van der Waals surface area contributed by atoms with Gasteiger partial charge in [-0.05, 0) is 12.8 Å². The molecule has 94 valence electrons. The fourth-order valence-corrected chi connectivity index (χ4v) is 1.97. The van der Waals surface area contributed by atoms with E-state index in [0.717, 1.165) is 0 Å². The van der Waals surface area contributed by atoms with Crippen molar-refractivity contribution >= 4 is 0 Å². The highest BCUT2D eigenvalue weighted by Gasteiger charge is 2.39. The summed E-state index contributed by atoms with van der Waals surface area (Å²) in [6.45, 7) is 0.0101. The second-order valence-corrected chi connectivity index (χ2v) is 4.17. The molecule has 1 aromatic heterocycles. The SMILES string of the molecule is NC[C@@]1(CO)CCC(n2ccc(=O)[nH]c2=O)O1. The maximum atomic E-state index is 11.5. The minimum Gasteiger partial charge on any atom is -0.393 e. The Labute approximate surface area is 96.8 Å². The van der Waals surface area contributed by atoms with Crippen molar-refractivity contribution in [1.82, 2.24) is 9.55 Å².